The molecule has 8 heteroatoms. The number of carbonyl (C=O) groups is 1. The van der Waals surface area contributed by atoms with E-state index in [0.29, 0.717) is 11.8 Å². The van der Waals surface area contributed by atoms with Gasteiger partial charge in [0.2, 0.25) is 0 Å². The molecule has 1 aromatic carbocycles. The quantitative estimate of drug-likeness (QED) is 0.350. The highest BCUT2D eigenvalue weighted by Crippen LogP contribution is 2.54. The fourth-order valence-corrected chi connectivity index (χ4v) is 7.39. The van der Waals surface area contributed by atoms with Gasteiger partial charge in [-0.3, -0.25) is 4.79 Å². The molecule has 2 fully saturated rings. The van der Waals surface area contributed by atoms with Gasteiger partial charge in [0.05, 0.1) is 24.3 Å². The molecule has 0 bridgehead atoms. The van der Waals surface area contributed by atoms with Gasteiger partial charge in [-0.1, -0.05) is 24.3 Å². The normalized spacial score (nSPS) is 26.5. The number of rotatable bonds is 9. The van der Waals surface area contributed by atoms with Crippen LogP contribution < -0.4 is 5.32 Å². The summed E-state index contributed by atoms with van der Waals surface area (Å²) < 4.78 is 13.9. The van der Waals surface area contributed by atoms with Crippen molar-refractivity contribution in [3.63, 3.8) is 0 Å². The van der Waals surface area contributed by atoms with Crippen LogP contribution in [-0.2, 0) is 4.79 Å². The number of aliphatic carboxylic acids is 1. The van der Waals surface area contributed by atoms with Crippen LogP contribution in [0.15, 0.2) is 41.8 Å². The number of thiophene rings is 1. The molecule has 0 radical (unpaired) electrons. The third kappa shape index (κ3) is 6.08. The maximum Gasteiger partial charge on any atom is 0.305 e. The Morgan fingerprint density at radius 2 is 1.89 bits per heavy atom. The van der Waals surface area contributed by atoms with Gasteiger partial charge in [0, 0.05) is 29.2 Å². The van der Waals surface area contributed by atoms with E-state index in [1.54, 1.807) is 17.4 Å². The Bertz CT molecular complexity index is 1110. The van der Waals surface area contributed by atoms with Crippen LogP contribution in [0.2, 0.25) is 0 Å². The van der Waals surface area contributed by atoms with Gasteiger partial charge >= 0.3 is 5.97 Å². The molecule has 1 saturated carbocycles. The average molecular weight is 529 g/mol. The zero-order valence-corrected chi connectivity index (χ0v) is 22.0. The Balaban J connectivity index is 1.48. The first-order valence-electron chi connectivity index (χ1n) is 13.4. The van der Waals surface area contributed by atoms with Crippen molar-refractivity contribution >= 4 is 23.0 Å². The first kappa shape index (κ1) is 26.4. The van der Waals surface area contributed by atoms with Crippen molar-refractivity contribution < 1.29 is 24.5 Å². The molecule has 2 aliphatic heterocycles. The third-order valence-corrected chi connectivity index (χ3v) is 9.32. The van der Waals surface area contributed by atoms with Crippen molar-refractivity contribution in [1.82, 2.24) is 4.90 Å². The Morgan fingerprint density at radius 1 is 1.19 bits per heavy atom. The number of piperidine rings is 1. The summed E-state index contributed by atoms with van der Waals surface area (Å²) in [5.41, 5.74) is 3.72. The number of benzene rings is 1. The molecule has 200 valence electrons. The van der Waals surface area contributed by atoms with Crippen LogP contribution in [-0.4, -0.2) is 64.6 Å². The third-order valence-electron chi connectivity index (χ3n) is 8.24. The van der Waals surface area contributed by atoms with Crippen LogP contribution in [0.5, 0.6) is 0 Å². The number of anilines is 1. The van der Waals surface area contributed by atoms with Crippen molar-refractivity contribution in [1.29, 1.82) is 0 Å². The molecule has 3 unspecified atom stereocenters. The molecule has 3 heterocycles. The lowest BCUT2D eigenvalue weighted by molar-refractivity contribution is -0.139. The second-order valence-corrected chi connectivity index (χ2v) is 12.0. The SMILES string of the molecule is CN1CCC(c2csc3c2NC(C2CC2)C(/C=C/[C@@H](O)C[C@@H](O)CC(=O)O)C3c2ccc(F)cc2)CC1. The fourth-order valence-electron chi connectivity index (χ4n) is 6.10. The Hall–Kier alpha value is -2.26. The molecule has 1 aliphatic carbocycles. The highest BCUT2D eigenvalue weighted by Gasteiger charge is 2.45. The number of halogens is 1. The minimum absolute atomic E-state index is 0.0250. The molecular formula is C29H37FN2O4S. The minimum Gasteiger partial charge on any atom is -0.481 e. The number of aliphatic hydroxyl groups excluding tert-OH is 2. The zero-order valence-electron chi connectivity index (χ0n) is 21.2. The van der Waals surface area contributed by atoms with Crippen molar-refractivity contribution in [3.8, 4) is 0 Å². The Morgan fingerprint density at radius 3 is 2.54 bits per heavy atom. The predicted octanol–water partition coefficient (Wildman–Crippen LogP) is 4.79. The second kappa shape index (κ2) is 11.2. The van der Waals surface area contributed by atoms with Crippen LogP contribution >= 0.6 is 11.3 Å². The topological polar surface area (TPSA) is 93.0 Å². The summed E-state index contributed by atoms with van der Waals surface area (Å²) in [5, 5.41) is 35.7. The van der Waals surface area contributed by atoms with Gasteiger partial charge in [0.1, 0.15) is 5.82 Å². The highest BCUT2D eigenvalue weighted by atomic mass is 32.1. The van der Waals surface area contributed by atoms with Gasteiger partial charge in [0.25, 0.3) is 0 Å². The maximum atomic E-state index is 13.9. The number of nitrogens with one attached hydrogen (secondary N) is 1. The standard InChI is InChI=1S/C29H37FN2O4S/c1-32-12-10-17(11-13-32)24-16-37-29-26(18-4-6-20(30)7-5-18)23(27(19-2-3-19)31-28(24)29)9-8-21(33)14-22(34)15-25(35)36/h4-9,16-17,19,21-23,26-27,31,33-34H,2-3,10-15H2,1H3,(H,35,36)/b9-8+/t21-,22-,23?,26?,27?/m1/s1. The van der Waals surface area contributed by atoms with Crippen LogP contribution in [0.1, 0.15) is 66.4 Å². The van der Waals surface area contributed by atoms with Crippen molar-refractivity contribution in [2.75, 3.05) is 25.5 Å². The smallest absolute Gasteiger partial charge is 0.305 e. The number of fused-ring (bicyclic) bond motifs is 1. The van der Waals surface area contributed by atoms with Crippen LogP contribution in [0.3, 0.4) is 0 Å². The lowest BCUT2D eigenvalue weighted by Gasteiger charge is -2.40. The highest BCUT2D eigenvalue weighted by molar-refractivity contribution is 7.10. The van der Waals surface area contributed by atoms with E-state index in [9.17, 15) is 19.4 Å². The molecule has 4 N–H and O–H groups in total. The molecule has 6 nitrogen and oxygen atoms in total. The molecule has 1 saturated heterocycles. The van der Waals surface area contributed by atoms with Crippen LogP contribution in [0, 0.1) is 17.7 Å². The fraction of sp³-hybridized carbons (Fsp3) is 0.552. The van der Waals surface area contributed by atoms with Gasteiger partial charge in [-0.15, -0.1) is 11.3 Å². The molecule has 5 rings (SSSR count). The number of nitrogens with zero attached hydrogens (tertiary/aromatic N) is 1. The van der Waals surface area contributed by atoms with Gasteiger partial charge in [-0.2, -0.15) is 0 Å². The van der Waals surface area contributed by atoms with E-state index in [2.05, 4.69) is 22.6 Å². The van der Waals surface area contributed by atoms with E-state index < -0.39 is 24.6 Å². The van der Waals surface area contributed by atoms with E-state index in [0.717, 1.165) is 44.3 Å². The summed E-state index contributed by atoms with van der Waals surface area (Å²) in [5.74, 6) is -0.214. The average Bonchev–Trinajstić information content (AvgIpc) is 3.62. The Kier molecular flexibility index (Phi) is 8.00. The number of aliphatic hydroxyl groups is 2. The summed E-state index contributed by atoms with van der Waals surface area (Å²) >= 11 is 1.77. The first-order valence-corrected chi connectivity index (χ1v) is 14.3. The molecule has 1 aromatic heterocycles. The molecule has 5 atom stereocenters. The van der Waals surface area contributed by atoms with Crippen LogP contribution in [0.4, 0.5) is 10.1 Å². The Labute approximate surface area is 221 Å². The summed E-state index contributed by atoms with van der Waals surface area (Å²) in [6.07, 6.45) is 5.88. The number of likely N-dealkylation sites (tertiary alicyclic amines) is 1. The van der Waals surface area contributed by atoms with Crippen molar-refractivity contribution in [2.24, 2.45) is 11.8 Å². The molecule has 0 spiro atoms. The first-order chi connectivity index (χ1) is 17.8. The summed E-state index contributed by atoms with van der Waals surface area (Å²) in [7, 11) is 2.18. The van der Waals surface area contributed by atoms with Gasteiger partial charge in [-0.25, -0.2) is 4.39 Å². The van der Waals surface area contributed by atoms with E-state index in [1.807, 2.05) is 18.2 Å². The molecule has 37 heavy (non-hydrogen) atoms. The summed E-state index contributed by atoms with van der Waals surface area (Å²) in [6.45, 7) is 2.19. The predicted molar refractivity (Wildman–Crippen MR) is 144 cm³/mol. The van der Waals surface area contributed by atoms with Gasteiger partial charge < -0.3 is 25.5 Å². The van der Waals surface area contributed by atoms with E-state index >= 15 is 0 Å². The van der Waals surface area contributed by atoms with Crippen molar-refractivity contribution in [3.05, 3.63) is 63.6 Å². The monoisotopic (exact) mass is 528 g/mol. The van der Waals surface area contributed by atoms with Gasteiger partial charge in [0.15, 0.2) is 0 Å². The molecular weight excluding hydrogens is 491 g/mol. The van der Waals surface area contributed by atoms with Crippen LogP contribution in [0.25, 0.3) is 0 Å². The lowest BCUT2D eigenvalue weighted by atomic mass is 9.74. The zero-order chi connectivity index (χ0) is 26.1. The van der Waals surface area contributed by atoms with Crippen molar-refractivity contribution in [2.45, 2.75) is 68.6 Å². The number of hydrogen-bond acceptors (Lipinski definition) is 6. The maximum absolute atomic E-state index is 13.9. The van der Waals surface area contributed by atoms with E-state index in [-0.39, 0.29) is 30.1 Å². The molecule has 0 amide bonds. The molecule has 3 aliphatic rings. The largest absolute Gasteiger partial charge is 0.481 e. The number of carboxylic acids is 1. The summed E-state index contributed by atoms with van der Waals surface area (Å²) in [6, 6.07) is 6.98. The minimum atomic E-state index is -1.10. The summed E-state index contributed by atoms with van der Waals surface area (Å²) in [4.78, 5) is 14.5. The second-order valence-electron chi connectivity index (χ2n) is 11.1. The number of carboxylic acid groups (broad SMARTS) is 1. The number of hydrogen-bond donors (Lipinski definition) is 4. The van der Waals surface area contributed by atoms with E-state index in [4.69, 9.17) is 5.11 Å². The van der Waals surface area contributed by atoms with Gasteiger partial charge in [-0.05, 0) is 86.3 Å². The lowest BCUT2D eigenvalue weighted by Crippen LogP contribution is -2.39. The van der Waals surface area contributed by atoms with E-state index in [1.165, 1.54) is 28.3 Å². The molecule has 2 aromatic rings.